The number of likely N-dealkylation sites (tertiary alicyclic amines) is 2. The Bertz CT molecular complexity index is 1000. The number of pyridine rings is 1. The average Bonchev–Trinajstić information content (AvgIpc) is 3.07. The van der Waals surface area contributed by atoms with Gasteiger partial charge in [-0.3, -0.25) is 9.78 Å². The van der Waals surface area contributed by atoms with Gasteiger partial charge in [0.05, 0.1) is 10.4 Å². The van der Waals surface area contributed by atoms with Crippen molar-refractivity contribution in [1.29, 1.82) is 0 Å². The van der Waals surface area contributed by atoms with E-state index in [0.717, 1.165) is 31.3 Å². The second-order valence-electron chi connectivity index (χ2n) is 8.21. The summed E-state index contributed by atoms with van der Waals surface area (Å²) in [5.41, 5.74) is 0.617. The number of sulfonamides is 1. The Kier molecular flexibility index (Phi) is 5.59. The zero-order chi connectivity index (χ0) is 20.6. The molecule has 2 aromatic rings. The second-order valence-corrected chi connectivity index (χ2v) is 9.93. The van der Waals surface area contributed by atoms with Crippen LogP contribution >= 0.6 is 0 Å². The number of nitrogens with zero attached hydrogens (tertiary/aromatic N) is 3. The molecule has 0 unspecified atom stereocenters. The van der Waals surface area contributed by atoms with E-state index in [1.165, 1.54) is 0 Å². The maximum absolute atomic E-state index is 12.9. The maximum atomic E-state index is 12.9. The highest BCUT2D eigenvalue weighted by Gasteiger charge is 2.39. The van der Waals surface area contributed by atoms with E-state index in [1.54, 1.807) is 24.4 Å². The molecule has 1 atom stereocenters. The molecule has 156 valence electrons. The molecular weight excluding hydrogens is 388 g/mol. The summed E-state index contributed by atoms with van der Waals surface area (Å²) in [5, 5.41) is 0.877. The van der Waals surface area contributed by atoms with Crippen LogP contribution in [0.3, 0.4) is 0 Å². The Hall–Kier alpha value is -2.03. The molecule has 0 aliphatic carbocycles. The van der Waals surface area contributed by atoms with Gasteiger partial charge in [0.25, 0.3) is 0 Å². The van der Waals surface area contributed by atoms with Crippen molar-refractivity contribution < 1.29 is 13.2 Å². The van der Waals surface area contributed by atoms with Gasteiger partial charge >= 0.3 is 0 Å². The van der Waals surface area contributed by atoms with Gasteiger partial charge in [-0.1, -0.05) is 12.1 Å². The van der Waals surface area contributed by atoms with Crippen molar-refractivity contribution in [1.82, 2.24) is 19.5 Å². The number of hydrogen-bond donors (Lipinski definition) is 1. The van der Waals surface area contributed by atoms with Crippen LogP contribution in [0.4, 0.5) is 0 Å². The van der Waals surface area contributed by atoms with Gasteiger partial charge < -0.3 is 9.80 Å². The van der Waals surface area contributed by atoms with Gasteiger partial charge in [0.2, 0.25) is 15.9 Å². The highest BCUT2D eigenvalue weighted by molar-refractivity contribution is 7.89. The molecule has 1 aromatic heterocycles. The predicted molar refractivity (Wildman–Crippen MR) is 112 cm³/mol. The molecule has 7 nitrogen and oxygen atoms in total. The standard InChI is InChI=1S/C21H28N4O3S/c1-15(2)24-11-7-17(8-12-24)25-13-9-19(21(25)26)23-29(27,28)18-6-5-16-4-3-10-22-20(16)14-18/h3-6,10,14-15,17,19,23H,7-9,11-13H2,1-2H3/t19-/m0/s1. The first kappa shape index (κ1) is 20.3. The van der Waals surface area contributed by atoms with Crippen molar-refractivity contribution in [2.75, 3.05) is 19.6 Å². The molecule has 0 bridgehead atoms. The number of amides is 1. The summed E-state index contributed by atoms with van der Waals surface area (Å²) in [7, 11) is -3.79. The molecule has 0 radical (unpaired) electrons. The molecule has 3 heterocycles. The molecule has 29 heavy (non-hydrogen) atoms. The molecular formula is C21H28N4O3S. The Morgan fingerprint density at radius 1 is 1.10 bits per heavy atom. The minimum absolute atomic E-state index is 0.101. The van der Waals surface area contributed by atoms with E-state index in [1.807, 2.05) is 17.0 Å². The lowest BCUT2D eigenvalue weighted by Crippen LogP contribution is -2.49. The third kappa shape index (κ3) is 4.15. The quantitative estimate of drug-likeness (QED) is 0.806. The van der Waals surface area contributed by atoms with Crippen molar-refractivity contribution in [3.8, 4) is 0 Å². The van der Waals surface area contributed by atoms with Crippen molar-refractivity contribution in [3.63, 3.8) is 0 Å². The van der Waals surface area contributed by atoms with E-state index in [0.29, 0.717) is 24.5 Å². The van der Waals surface area contributed by atoms with Crippen LogP contribution in [0.25, 0.3) is 10.9 Å². The average molecular weight is 417 g/mol. The summed E-state index contributed by atoms with van der Waals surface area (Å²) in [4.78, 5) is 21.6. The minimum atomic E-state index is -3.79. The Balaban J connectivity index is 1.43. The van der Waals surface area contributed by atoms with Crippen molar-refractivity contribution in [3.05, 3.63) is 36.5 Å². The van der Waals surface area contributed by atoms with Gasteiger partial charge in [-0.15, -0.1) is 0 Å². The molecule has 4 rings (SSSR count). The van der Waals surface area contributed by atoms with Crippen LogP contribution in [0.5, 0.6) is 0 Å². The molecule has 2 fully saturated rings. The molecule has 2 saturated heterocycles. The third-order valence-corrected chi connectivity index (χ3v) is 7.56. The fourth-order valence-corrected chi connectivity index (χ4v) is 5.60. The first-order valence-corrected chi connectivity index (χ1v) is 11.7. The van der Waals surface area contributed by atoms with E-state index in [9.17, 15) is 13.2 Å². The first-order chi connectivity index (χ1) is 13.8. The molecule has 1 N–H and O–H groups in total. The summed E-state index contributed by atoms with van der Waals surface area (Å²) in [5.74, 6) is -0.101. The van der Waals surface area contributed by atoms with Crippen LogP contribution in [-0.4, -0.2) is 66.9 Å². The van der Waals surface area contributed by atoms with Crippen LogP contribution in [0.2, 0.25) is 0 Å². The van der Waals surface area contributed by atoms with Gasteiger partial charge in [0, 0.05) is 43.3 Å². The summed E-state index contributed by atoms with van der Waals surface area (Å²) in [6, 6.07) is 8.58. The smallest absolute Gasteiger partial charge is 0.241 e. The zero-order valence-electron chi connectivity index (χ0n) is 16.9. The van der Waals surface area contributed by atoms with Gasteiger partial charge in [-0.25, -0.2) is 8.42 Å². The van der Waals surface area contributed by atoms with Gasteiger partial charge in [0.15, 0.2) is 0 Å². The van der Waals surface area contributed by atoms with E-state index >= 15 is 0 Å². The van der Waals surface area contributed by atoms with Crippen molar-refractivity contribution >= 4 is 26.8 Å². The zero-order valence-corrected chi connectivity index (χ0v) is 17.7. The topological polar surface area (TPSA) is 82.6 Å². The van der Waals surface area contributed by atoms with E-state index < -0.39 is 16.1 Å². The molecule has 0 spiro atoms. The Labute approximate surface area is 172 Å². The number of piperidine rings is 1. The van der Waals surface area contributed by atoms with Crippen molar-refractivity contribution in [2.45, 2.75) is 56.1 Å². The number of benzene rings is 1. The lowest BCUT2D eigenvalue weighted by Gasteiger charge is -2.38. The highest BCUT2D eigenvalue weighted by atomic mass is 32.2. The molecule has 1 aromatic carbocycles. The van der Waals surface area contributed by atoms with Gasteiger partial charge in [0.1, 0.15) is 6.04 Å². The lowest BCUT2D eigenvalue weighted by molar-refractivity contribution is -0.131. The van der Waals surface area contributed by atoms with Crippen LogP contribution in [-0.2, 0) is 14.8 Å². The highest BCUT2D eigenvalue weighted by Crippen LogP contribution is 2.25. The molecule has 0 saturated carbocycles. The lowest BCUT2D eigenvalue weighted by atomic mass is 10.0. The maximum Gasteiger partial charge on any atom is 0.241 e. The molecule has 1 amide bonds. The van der Waals surface area contributed by atoms with Crippen LogP contribution < -0.4 is 4.72 Å². The normalized spacial score (nSPS) is 22.1. The van der Waals surface area contributed by atoms with Crippen LogP contribution in [0, 0.1) is 0 Å². The third-order valence-electron chi connectivity index (χ3n) is 6.10. The monoisotopic (exact) mass is 416 g/mol. The Morgan fingerprint density at radius 2 is 1.86 bits per heavy atom. The van der Waals surface area contributed by atoms with E-state index in [-0.39, 0.29) is 16.8 Å². The van der Waals surface area contributed by atoms with E-state index in [4.69, 9.17) is 0 Å². The molecule has 2 aliphatic rings. The number of hydrogen-bond acceptors (Lipinski definition) is 5. The molecule has 2 aliphatic heterocycles. The fourth-order valence-electron chi connectivity index (χ4n) is 4.36. The SMILES string of the molecule is CC(C)N1CCC(N2CC[C@H](NS(=O)(=O)c3ccc4cccnc4c3)C2=O)CC1. The summed E-state index contributed by atoms with van der Waals surface area (Å²) in [6.07, 6.45) is 4.03. The van der Waals surface area contributed by atoms with E-state index in [2.05, 4.69) is 28.5 Å². The number of nitrogens with one attached hydrogen (secondary N) is 1. The van der Waals surface area contributed by atoms with Gasteiger partial charge in [-0.2, -0.15) is 4.72 Å². The summed E-state index contributed by atoms with van der Waals surface area (Å²) < 4.78 is 28.3. The Morgan fingerprint density at radius 3 is 2.59 bits per heavy atom. The predicted octanol–water partition coefficient (Wildman–Crippen LogP) is 1.99. The minimum Gasteiger partial charge on any atom is -0.338 e. The second kappa shape index (κ2) is 8.01. The number of carbonyl (C=O) groups excluding carboxylic acids is 1. The van der Waals surface area contributed by atoms with Gasteiger partial charge in [-0.05, 0) is 51.3 Å². The fraction of sp³-hybridized carbons (Fsp3) is 0.524. The van der Waals surface area contributed by atoms with Crippen LogP contribution in [0.15, 0.2) is 41.4 Å². The largest absolute Gasteiger partial charge is 0.338 e. The van der Waals surface area contributed by atoms with Crippen molar-refractivity contribution in [2.24, 2.45) is 0 Å². The van der Waals surface area contributed by atoms with Crippen LogP contribution in [0.1, 0.15) is 33.1 Å². The number of rotatable bonds is 5. The summed E-state index contributed by atoms with van der Waals surface area (Å²) >= 11 is 0. The first-order valence-electron chi connectivity index (χ1n) is 10.3. The number of aromatic nitrogens is 1. The number of carbonyl (C=O) groups is 1. The number of fused-ring (bicyclic) bond motifs is 1. The molecule has 8 heteroatoms. The summed E-state index contributed by atoms with van der Waals surface area (Å²) in [6.45, 7) is 6.94.